The lowest BCUT2D eigenvalue weighted by atomic mass is 10.2. The highest BCUT2D eigenvalue weighted by molar-refractivity contribution is 7.98. The van der Waals surface area contributed by atoms with E-state index in [1.165, 1.54) is 23.5 Å². The molecule has 0 saturated heterocycles. The molecule has 0 aliphatic rings. The molecule has 0 aliphatic heterocycles. The van der Waals surface area contributed by atoms with E-state index in [1.54, 1.807) is 42.1 Å². The number of thiazole rings is 1. The molecule has 27 heavy (non-hydrogen) atoms. The van der Waals surface area contributed by atoms with Crippen molar-refractivity contribution in [3.05, 3.63) is 75.0 Å². The molecule has 2 N–H and O–H groups in total. The van der Waals surface area contributed by atoms with Crippen molar-refractivity contribution in [1.29, 1.82) is 0 Å². The first-order chi connectivity index (χ1) is 13.0. The van der Waals surface area contributed by atoms with E-state index < -0.39 is 0 Å². The highest BCUT2D eigenvalue weighted by atomic mass is 35.5. The van der Waals surface area contributed by atoms with Crippen molar-refractivity contribution in [3.8, 4) is 0 Å². The third-order valence-electron chi connectivity index (χ3n) is 3.41. The summed E-state index contributed by atoms with van der Waals surface area (Å²) in [5.41, 5.74) is 1.68. The molecule has 0 aliphatic carbocycles. The van der Waals surface area contributed by atoms with Crippen molar-refractivity contribution in [2.75, 3.05) is 5.32 Å². The molecule has 0 saturated carbocycles. The van der Waals surface area contributed by atoms with Crippen molar-refractivity contribution < 1.29 is 9.18 Å². The minimum atomic E-state index is -0.354. The summed E-state index contributed by atoms with van der Waals surface area (Å²) in [6.07, 6.45) is 0. The van der Waals surface area contributed by atoms with Crippen LogP contribution in [0.15, 0.2) is 52.7 Å². The quantitative estimate of drug-likeness (QED) is 0.447. The van der Waals surface area contributed by atoms with Crippen LogP contribution in [0, 0.1) is 5.82 Å². The molecule has 140 valence electrons. The molecule has 2 amide bonds. The topological polar surface area (TPSA) is 54.0 Å². The Morgan fingerprint density at radius 2 is 1.93 bits per heavy atom. The zero-order valence-corrected chi connectivity index (χ0v) is 17.0. The number of benzene rings is 2. The normalized spacial score (nSPS) is 10.6. The lowest BCUT2D eigenvalue weighted by Gasteiger charge is -2.06. The van der Waals surface area contributed by atoms with Crippen LogP contribution in [0.3, 0.4) is 0 Å². The van der Waals surface area contributed by atoms with Crippen molar-refractivity contribution in [2.24, 2.45) is 0 Å². The lowest BCUT2D eigenvalue weighted by Crippen LogP contribution is -2.28. The number of carbonyl (C=O) groups excluding carboxylic acids is 1. The number of amides is 2. The fraction of sp³-hybridized carbons (Fsp3) is 0.111. The molecule has 9 heteroatoms. The van der Waals surface area contributed by atoms with E-state index in [-0.39, 0.29) is 11.8 Å². The SMILES string of the molecule is O=C(NCc1ccc(Cl)c(Cl)c1)Nc1nc(CSc2ccc(F)cc2)cs1. The summed E-state index contributed by atoms with van der Waals surface area (Å²) in [5.74, 6) is 0.376. The molecule has 2 aromatic carbocycles. The first-order valence-corrected chi connectivity index (χ1v) is 10.4. The number of rotatable bonds is 6. The van der Waals surface area contributed by atoms with Gasteiger partial charge in [0.25, 0.3) is 0 Å². The van der Waals surface area contributed by atoms with Gasteiger partial charge in [-0.1, -0.05) is 29.3 Å². The van der Waals surface area contributed by atoms with Crippen LogP contribution in [0.5, 0.6) is 0 Å². The van der Waals surface area contributed by atoms with E-state index in [0.717, 1.165) is 16.2 Å². The van der Waals surface area contributed by atoms with Gasteiger partial charge in [-0.2, -0.15) is 0 Å². The second-order valence-electron chi connectivity index (χ2n) is 5.44. The Labute approximate surface area is 174 Å². The van der Waals surface area contributed by atoms with Gasteiger partial charge in [-0.05, 0) is 42.0 Å². The van der Waals surface area contributed by atoms with E-state index in [4.69, 9.17) is 23.2 Å². The first kappa shape index (κ1) is 19.9. The number of nitrogens with zero attached hydrogens (tertiary/aromatic N) is 1. The predicted molar refractivity (Wildman–Crippen MR) is 110 cm³/mol. The fourth-order valence-electron chi connectivity index (χ4n) is 2.09. The molecular weight excluding hydrogens is 428 g/mol. The molecule has 0 bridgehead atoms. The first-order valence-electron chi connectivity index (χ1n) is 7.81. The Kier molecular flexibility index (Phi) is 6.95. The summed E-state index contributed by atoms with van der Waals surface area (Å²) in [4.78, 5) is 17.3. The predicted octanol–water partition coefficient (Wildman–Crippen LogP) is 6.20. The standard InChI is InChI=1S/C18H14Cl2FN3OS2/c19-15-6-1-11(7-16(15)20)8-22-17(25)24-18-23-13(10-27-18)9-26-14-4-2-12(21)3-5-14/h1-7,10H,8-9H2,(H2,22,23,24,25). The van der Waals surface area contributed by atoms with Crippen LogP contribution in [0.2, 0.25) is 10.0 Å². The summed E-state index contributed by atoms with van der Waals surface area (Å²) < 4.78 is 12.9. The number of thioether (sulfide) groups is 1. The van der Waals surface area contributed by atoms with Gasteiger partial charge in [0.05, 0.1) is 15.7 Å². The van der Waals surface area contributed by atoms with Gasteiger partial charge in [-0.3, -0.25) is 5.32 Å². The Morgan fingerprint density at radius 1 is 1.15 bits per heavy atom. The Morgan fingerprint density at radius 3 is 2.67 bits per heavy atom. The molecule has 0 spiro atoms. The summed E-state index contributed by atoms with van der Waals surface area (Å²) in [5, 5.41) is 8.75. The molecule has 1 aromatic heterocycles. The molecule has 3 aromatic rings. The second kappa shape index (κ2) is 9.41. The highest BCUT2D eigenvalue weighted by Crippen LogP contribution is 2.25. The number of anilines is 1. The average Bonchev–Trinajstić information content (AvgIpc) is 3.09. The molecule has 0 fully saturated rings. The zero-order chi connectivity index (χ0) is 19.2. The van der Waals surface area contributed by atoms with Gasteiger partial charge < -0.3 is 5.32 Å². The van der Waals surface area contributed by atoms with E-state index in [9.17, 15) is 9.18 Å². The third-order valence-corrected chi connectivity index (χ3v) is 6.00. The maximum atomic E-state index is 12.9. The van der Waals surface area contributed by atoms with Crippen LogP contribution in [0.4, 0.5) is 14.3 Å². The van der Waals surface area contributed by atoms with Gasteiger partial charge >= 0.3 is 6.03 Å². The number of nitrogens with one attached hydrogen (secondary N) is 2. The number of aromatic nitrogens is 1. The van der Waals surface area contributed by atoms with E-state index in [0.29, 0.717) is 27.5 Å². The van der Waals surface area contributed by atoms with Crippen molar-refractivity contribution >= 4 is 57.5 Å². The summed E-state index contributed by atoms with van der Waals surface area (Å²) >= 11 is 14.7. The van der Waals surface area contributed by atoms with E-state index in [2.05, 4.69) is 15.6 Å². The highest BCUT2D eigenvalue weighted by Gasteiger charge is 2.08. The molecule has 0 atom stereocenters. The molecule has 4 nitrogen and oxygen atoms in total. The molecule has 0 unspecified atom stereocenters. The van der Waals surface area contributed by atoms with Crippen LogP contribution >= 0.6 is 46.3 Å². The number of halogens is 3. The Bertz CT molecular complexity index is 935. The lowest BCUT2D eigenvalue weighted by molar-refractivity contribution is 0.251. The molecule has 0 radical (unpaired) electrons. The van der Waals surface area contributed by atoms with Gasteiger partial charge in [0, 0.05) is 22.6 Å². The van der Waals surface area contributed by atoms with E-state index >= 15 is 0 Å². The van der Waals surface area contributed by atoms with Crippen molar-refractivity contribution in [2.45, 2.75) is 17.2 Å². The smallest absolute Gasteiger partial charge is 0.321 e. The largest absolute Gasteiger partial charge is 0.334 e. The monoisotopic (exact) mass is 441 g/mol. The van der Waals surface area contributed by atoms with Gasteiger partial charge in [0.15, 0.2) is 5.13 Å². The summed E-state index contributed by atoms with van der Waals surface area (Å²) in [6.45, 7) is 0.321. The van der Waals surface area contributed by atoms with Crippen LogP contribution in [-0.4, -0.2) is 11.0 Å². The van der Waals surface area contributed by atoms with Gasteiger partial charge in [-0.15, -0.1) is 23.1 Å². The van der Waals surface area contributed by atoms with E-state index in [1.807, 2.05) is 5.38 Å². The Balaban J connectivity index is 1.47. The number of hydrogen-bond acceptors (Lipinski definition) is 4. The average molecular weight is 442 g/mol. The van der Waals surface area contributed by atoms with Crippen LogP contribution in [0.25, 0.3) is 0 Å². The number of hydrogen-bond donors (Lipinski definition) is 2. The summed E-state index contributed by atoms with van der Waals surface area (Å²) in [6, 6.07) is 11.1. The number of carbonyl (C=O) groups is 1. The third kappa shape index (κ3) is 6.10. The van der Waals surface area contributed by atoms with Crippen LogP contribution in [0.1, 0.15) is 11.3 Å². The molecule has 3 rings (SSSR count). The minimum absolute atomic E-state index is 0.258. The van der Waals surface area contributed by atoms with Crippen molar-refractivity contribution in [3.63, 3.8) is 0 Å². The maximum absolute atomic E-state index is 12.9. The Hall–Kier alpha value is -1.80. The zero-order valence-electron chi connectivity index (χ0n) is 13.8. The van der Waals surface area contributed by atoms with Gasteiger partial charge in [0.2, 0.25) is 0 Å². The molecular formula is C18H14Cl2FN3OS2. The van der Waals surface area contributed by atoms with Crippen molar-refractivity contribution in [1.82, 2.24) is 10.3 Å². The second-order valence-corrected chi connectivity index (χ2v) is 8.16. The molecule has 1 heterocycles. The minimum Gasteiger partial charge on any atom is -0.334 e. The van der Waals surface area contributed by atoms with Crippen LogP contribution < -0.4 is 10.6 Å². The van der Waals surface area contributed by atoms with Crippen LogP contribution in [-0.2, 0) is 12.3 Å². The summed E-state index contributed by atoms with van der Waals surface area (Å²) in [7, 11) is 0. The fourth-order valence-corrected chi connectivity index (χ4v) is 4.01. The number of urea groups is 1. The van der Waals surface area contributed by atoms with Gasteiger partial charge in [-0.25, -0.2) is 14.2 Å². The maximum Gasteiger partial charge on any atom is 0.321 e. The van der Waals surface area contributed by atoms with Gasteiger partial charge in [0.1, 0.15) is 5.82 Å².